The molecular formula is C18H22ClN3O2S. The van der Waals surface area contributed by atoms with E-state index in [2.05, 4.69) is 10.3 Å². The van der Waals surface area contributed by atoms with Crippen LogP contribution in [0.15, 0.2) is 24.3 Å². The van der Waals surface area contributed by atoms with E-state index in [1.54, 1.807) is 11.3 Å². The monoisotopic (exact) mass is 379 g/mol. The fourth-order valence-corrected chi connectivity index (χ4v) is 4.05. The Hall–Kier alpha value is -1.47. The Morgan fingerprint density at radius 1 is 1.36 bits per heavy atom. The van der Waals surface area contributed by atoms with Crippen molar-refractivity contribution in [3.8, 4) is 11.3 Å². The highest BCUT2D eigenvalue weighted by atomic mass is 35.5. The number of hydrogen-bond donors (Lipinski definition) is 2. The summed E-state index contributed by atoms with van der Waals surface area (Å²) in [6.07, 6.45) is 1.34. The molecule has 0 saturated carbocycles. The lowest BCUT2D eigenvalue weighted by atomic mass is 9.79. The fourth-order valence-electron chi connectivity index (χ4n) is 3.03. The standard InChI is InChI=1S/C18H22ClN3O2S/c1-12-16(13-2-4-14(19)5-3-13)22-15(25-12)10-21-17(23)18(11-20)6-8-24-9-7-18/h2-5H,6-11,20H2,1H3,(H,21,23). The van der Waals surface area contributed by atoms with Crippen LogP contribution in [0.2, 0.25) is 5.02 Å². The Labute approximate surface area is 156 Å². The molecule has 0 bridgehead atoms. The number of halogens is 1. The van der Waals surface area contributed by atoms with Gasteiger partial charge in [-0.1, -0.05) is 23.7 Å². The summed E-state index contributed by atoms with van der Waals surface area (Å²) in [6.45, 7) is 3.96. The Kier molecular flexibility index (Phi) is 5.74. The first-order valence-electron chi connectivity index (χ1n) is 8.32. The molecule has 1 saturated heterocycles. The molecule has 1 aromatic carbocycles. The normalized spacial score (nSPS) is 16.6. The Bertz CT molecular complexity index is 739. The van der Waals surface area contributed by atoms with Crippen molar-refractivity contribution in [2.45, 2.75) is 26.3 Å². The molecule has 7 heteroatoms. The van der Waals surface area contributed by atoms with Crippen LogP contribution in [0.25, 0.3) is 11.3 Å². The molecule has 2 heterocycles. The van der Waals surface area contributed by atoms with Crippen LogP contribution in [0.3, 0.4) is 0 Å². The number of ether oxygens (including phenoxy) is 1. The Morgan fingerprint density at radius 2 is 2.04 bits per heavy atom. The van der Waals surface area contributed by atoms with Gasteiger partial charge in [-0.15, -0.1) is 11.3 Å². The summed E-state index contributed by atoms with van der Waals surface area (Å²) in [5.74, 6) is -0.000744. The maximum absolute atomic E-state index is 12.6. The average Bonchev–Trinajstić information content (AvgIpc) is 3.01. The van der Waals surface area contributed by atoms with E-state index in [9.17, 15) is 4.79 Å². The van der Waals surface area contributed by atoms with Gasteiger partial charge in [-0.25, -0.2) is 4.98 Å². The summed E-state index contributed by atoms with van der Waals surface area (Å²) in [5, 5.41) is 4.60. The molecule has 5 nitrogen and oxygen atoms in total. The molecule has 1 aliphatic heterocycles. The van der Waals surface area contributed by atoms with E-state index in [4.69, 9.17) is 22.1 Å². The van der Waals surface area contributed by atoms with Crippen molar-refractivity contribution in [1.29, 1.82) is 0 Å². The second-order valence-corrected chi connectivity index (χ2v) is 8.02. The molecule has 0 atom stereocenters. The highest BCUT2D eigenvalue weighted by Crippen LogP contribution is 2.31. The van der Waals surface area contributed by atoms with Gasteiger partial charge in [0.15, 0.2) is 0 Å². The second kappa shape index (κ2) is 7.83. The van der Waals surface area contributed by atoms with Gasteiger partial charge in [0.05, 0.1) is 17.7 Å². The second-order valence-electron chi connectivity index (χ2n) is 6.30. The summed E-state index contributed by atoms with van der Waals surface area (Å²) in [5.41, 5.74) is 7.34. The number of nitrogens with zero attached hydrogens (tertiary/aromatic N) is 1. The zero-order chi connectivity index (χ0) is 17.9. The zero-order valence-electron chi connectivity index (χ0n) is 14.2. The Balaban J connectivity index is 1.68. The molecule has 1 amide bonds. The van der Waals surface area contributed by atoms with Gasteiger partial charge in [0.2, 0.25) is 5.91 Å². The van der Waals surface area contributed by atoms with E-state index in [0.29, 0.717) is 44.2 Å². The first kappa shape index (κ1) is 18.3. The maximum Gasteiger partial charge on any atom is 0.228 e. The van der Waals surface area contributed by atoms with E-state index < -0.39 is 5.41 Å². The minimum Gasteiger partial charge on any atom is -0.381 e. The number of carbonyl (C=O) groups excluding carboxylic acids is 1. The highest BCUT2D eigenvalue weighted by Gasteiger charge is 2.38. The van der Waals surface area contributed by atoms with Crippen molar-refractivity contribution in [2.24, 2.45) is 11.1 Å². The van der Waals surface area contributed by atoms with Crippen molar-refractivity contribution in [3.05, 3.63) is 39.2 Å². The first-order valence-corrected chi connectivity index (χ1v) is 9.52. The summed E-state index contributed by atoms with van der Waals surface area (Å²) in [7, 11) is 0. The average molecular weight is 380 g/mol. The van der Waals surface area contributed by atoms with Gasteiger partial charge in [-0.05, 0) is 31.9 Å². The molecule has 1 aliphatic rings. The zero-order valence-corrected chi connectivity index (χ0v) is 15.8. The van der Waals surface area contributed by atoms with E-state index >= 15 is 0 Å². The smallest absolute Gasteiger partial charge is 0.228 e. The van der Waals surface area contributed by atoms with Gasteiger partial charge >= 0.3 is 0 Å². The first-order chi connectivity index (χ1) is 12.0. The SMILES string of the molecule is Cc1sc(CNC(=O)C2(CN)CCOCC2)nc1-c1ccc(Cl)cc1. The van der Waals surface area contributed by atoms with Gasteiger partial charge in [0, 0.05) is 35.2 Å². The number of nitrogens with two attached hydrogens (primary N) is 1. The van der Waals surface area contributed by atoms with Crippen LogP contribution in [-0.2, 0) is 16.1 Å². The van der Waals surface area contributed by atoms with E-state index in [1.165, 1.54) is 0 Å². The number of aromatic nitrogens is 1. The number of aryl methyl sites for hydroxylation is 1. The lowest BCUT2D eigenvalue weighted by Crippen LogP contribution is -2.48. The molecule has 3 rings (SSSR count). The number of benzene rings is 1. The van der Waals surface area contributed by atoms with Crippen LogP contribution < -0.4 is 11.1 Å². The predicted octanol–water partition coefficient (Wildman–Crippen LogP) is 3.14. The lowest BCUT2D eigenvalue weighted by molar-refractivity contribution is -0.136. The van der Waals surface area contributed by atoms with Crippen LogP contribution >= 0.6 is 22.9 Å². The fraction of sp³-hybridized carbons (Fsp3) is 0.444. The van der Waals surface area contributed by atoms with Crippen LogP contribution in [0.5, 0.6) is 0 Å². The topological polar surface area (TPSA) is 77.2 Å². The van der Waals surface area contributed by atoms with Crippen LogP contribution in [0.1, 0.15) is 22.7 Å². The third kappa shape index (κ3) is 4.03. The number of thiazole rings is 1. The molecule has 0 aliphatic carbocycles. The number of hydrogen-bond acceptors (Lipinski definition) is 5. The van der Waals surface area contributed by atoms with Gasteiger partial charge in [-0.3, -0.25) is 4.79 Å². The summed E-state index contributed by atoms with van der Waals surface area (Å²) >= 11 is 7.54. The molecule has 1 aromatic heterocycles. The van der Waals surface area contributed by atoms with E-state index in [-0.39, 0.29) is 5.91 Å². The largest absolute Gasteiger partial charge is 0.381 e. The van der Waals surface area contributed by atoms with Gasteiger partial charge in [0.1, 0.15) is 5.01 Å². The number of amides is 1. The van der Waals surface area contributed by atoms with E-state index in [0.717, 1.165) is 21.1 Å². The van der Waals surface area contributed by atoms with Crippen molar-refractivity contribution in [1.82, 2.24) is 10.3 Å². The van der Waals surface area contributed by atoms with Gasteiger partial charge in [0.25, 0.3) is 0 Å². The molecular weight excluding hydrogens is 358 g/mol. The quantitative estimate of drug-likeness (QED) is 0.836. The minimum absolute atomic E-state index is 0.000744. The minimum atomic E-state index is -0.510. The number of nitrogens with one attached hydrogen (secondary N) is 1. The third-order valence-electron chi connectivity index (χ3n) is 4.68. The van der Waals surface area contributed by atoms with Gasteiger partial charge < -0.3 is 15.8 Å². The predicted molar refractivity (Wildman–Crippen MR) is 101 cm³/mol. The molecule has 0 spiro atoms. The van der Waals surface area contributed by atoms with Gasteiger partial charge in [-0.2, -0.15) is 0 Å². The van der Waals surface area contributed by atoms with Crippen molar-refractivity contribution >= 4 is 28.8 Å². The van der Waals surface area contributed by atoms with Crippen LogP contribution in [0, 0.1) is 12.3 Å². The molecule has 2 aromatic rings. The Morgan fingerprint density at radius 3 is 2.68 bits per heavy atom. The molecule has 134 valence electrons. The van der Waals surface area contributed by atoms with Crippen molar-refractivity contribution in [2.75, 3.05) is 19.8 Å². The van der Waals surface area contributed by atoms with Crippen LogP contribution in [0.4, 0.5) is 0 Å². The molecule has 0 radical (unpaired) electrons. The molecule has 25 heavy (non-hydrogen) atoms. The highest BCUT2D eigenvalue weighted by molar-refractivity contribution is 7.12. The van der Waals surface area contributed by atoms with Crippen molar-refractivity contribution in [3.63, 3.8) is 0 Å². The number of rotatable bonds is 5. The summed E-state index contributed by atoms with van der Waals surface area (Å²) in [4.78, 5) is 18.4. The third-order valence-corrected chi connectivity index (χ3v) is 5.90. The lowest BCUT2D eigenvalue weighted by Gasteiger charge is -2.34. The molecule has 3 N–H and O–H groups in total. The molecule has 1 fully saturated rings. The number of carbonyl (C=O) groups is 1. The summed E-state index contributed by atoms with van der Waals surface area (Å²) < 4.78 is 5.36. The maximum atomic E-state index is 12.6. The summed E-state index contributed by atoms with van der Waals surface area (Å²) in [6, 6.07) is 7.62. The molecule has 0 unspecified atom stereocenters. The van der Waals surface area contributed by atoms with Crippen molar-refractivity contribution < 1.29 is 9.53 Å². The van der Waals surface area contributed by atoms with Crippen LogP contribution in [-0.4, -0.2) is 30.6 Å². The van der Waals surface area contributed by atoms with E-state index in [1.807, 2.05) is 31.2 Å².